The highest BCUT2D eigenvalue weighted by molar-refractivity contribution is 6.33. The predicted octanol–water partition coefficient (Wildman–Crippen LogP) is 2.80. The van der Waals surface area contributed by atoms with Crippen molar-refractivity contribution in [3.05, 3.63) is 47.5 Å². The molecule has 4 rings (SSSR count). The second-order valence-electron chi connectivity index (χ2n) is 4.69. The average molecular weight is 313 g/mol. The zero-order valence-corrected chi connectivity index (χ0v) is 12.2. The van der Waals surface area contributed by atoms with Gasteiger partial charge in [-0.3, -0.25) is 0 Å². The van der Waals surface area contributed by atoms with Gasteiger partial charge in [0.25, 0.3) is 5.89 Å². The third kappa shape index (κ3) is 2.11. The molecule has 1 aromatic carbocycles. The average Bonchev–Trinajstić information content (AvgIpc) is 3.15. The summed E-state index contributed by atoms with van der Waals surface area (Å²) in [5, 5.41) is 16.5. The number of nitrogens with zero attached hydrogens (tertiary/aromatic N) is 6. The van der Waals surface area contributed by atoms with Crippen LogP contribution < -0.4 is 0 Å². The molecule has 0 atom stereocenters. The predicted molar refractivity (Wildman–Crippen MR) is 79.3 cm³/mol. The number of benzene rings is 1. The zero-order valence-electron chi connectivity index (χ0n) is 11.4. The quantitative estimate of drug-likeness (QED) is 0.566. The van der Waals surface area contributed by atoms with Gasteiger partial charge in [-0.15, -0.1) is 10.2 Å². The van der Waals surface area contributed by atoms with E-state index in [-0.39, 0.29) is 0 Å². The highest BCUT2D eigenvalue weighted by atomic mass is 35.5. The number of fused-ring (bicyclic) bond motifs is 1. The smallest absolute Gasteiger partial charge is 0.259 e. The van der Waals surface area contributed by atoms with Crippen molar-refractivity contribution in [2.24, 2.45) is 0 Å². The molecule has 4 aromatic rings. The number of hydrogen-bond donors (Lipinski definition) is 0. The number of rotatable bonds is 2. The molecule has 3 aromatic heterocycles. The van der Waals surface area contributed by atoms with Gasteiger partial charge in [0.05, 0.1) is 16.3 Å². The molecule has 0 radical (unpaired) electrons. The SMILES string of the molecule is Cc1noc(-c2ccc(-c3ccc4nncn4n3)cc2Cl)n1. The van der Waals surface area contributed by atoms with E-state index in [9.17, 15) is 0 Å². The minimum atomic E-state index is 0.399. The number of aromatic nitrogens is 6. The maximum absolute atomic E-state index is 6.33. The molecule has 0 aliphatic heterocycles. The molecule has 108 valence electrons. The van der Waals surface area contributed by atoms with E-state index in [2.05, 4.69) is 25.4 Å². The Morgan fingerprint density at radius 1 is 1.18 bits per heavy atom. The van der Waals surface area contributed by atoms with Crippen molar-refractivity contribution in [1.82, 2.24) is 30.0 Å². The lowest BCUT2D eigenvalue weighted by molar-refractivity contribution is 0.425. The van der Waals surface area contributed by atoms with Crippen molar-refractivity contribution in [1.29, 1.82) is 0 Å². The molecule has 0 fully saturated rings. The molecule has 0 saturated carbocycles. The van der Waals surface area contributed by atoms with Crippen molar-refractivity contribution >= 4 is 17.2 Å². The molecule has 0 unspecified atom stereocenters. The van der Waals surface area contributed by atoms with Crippen LogP contribution >= 0.6 is 11.6 Å². The van der Waals surface area contributed by atoms with E-state index in [0.717, 1.165) is 11.3 Å². The lowest BCUT2D eigenvalue weighted by atomic mass is 10.1. The van der Waals surface area contributed by atoms with Crippen molar-refractivity contribution < 1.29 is 4.52 Å². The Labute approximate surface area is 129 Å². The first-order chi connectivity index (χ1) is 10.7. The molecule has 0 saturated heterocycles. The summed E-state index contributed by atoms with van der Waals surface area (Å²) >= 11 is 6.33. The third-order valence-corrected chi connectivity index (χ3v) is 3.50. The number of aryl methyl sites for hydroxylation is 1. The summed E-state index contributed by atoms with van der Waals surface area (Å²) in [6.45, 7) is 1.76. The van der Waals surface area contributed by atoms with Crippen molar-refractivity contribution in [2.45, 2.75) is 6.92 Å². The summed E-state index contributed by atoms with van der Waals surface area (Å²) < 4.78 is 6.75. The maximum Gasteiger partial charge on any atom is 0.259 e. The van der Waals surface area contributed by atoms with Gasteiger partial charge in [-0.25, -0.2) is 0 Å². The monoisotopic (exact) mass is 312 g/mol. The Morgan fingerprint density at radius 2 is 2.09 bits per heavy atom. The third-order valence-electron chi connectivity index (χ3n) is 3.18. The molecule has 0 bridgehead atoms. The second kappa shape index (κ2) is 4.88. The van der Waals surface area contributed by atoms with Crippen LogP contribution in [0.15, 0.2) is 41.2 Å². The van der Waals surface area contributed by atoms with E-state index in [4.69, 9.17) is 16.1 Å². The second-order valence-corrected chi connectivity index (χ2v) is 5.10. The number of hydrogen-bond acceptors (Lipinski definition) is 6. The van der Waals surface area contributed by atoms with Crippen LogP contribution in [0.4, 0.5) is 0 Å². The molecular formula is C14H9ClN6O. The van der Waals surface area contributed by atoms with Crippen LogP contribution in [0.25, 0.3) is 28.4 Å². The molecule has 8 heteroatoms. The minimum absolute atomic E-state index is 0.399. The van der Waals surface area contributed by atoms with E-state index in [1.54, 1.807) is 17.8 Å². The molecule has 0 amide bonds. The number of halogens is 1. The molecule has 7 nitrogen and oxygen atoms in total. The Morgan fingerprint density at radius 3 is 2.86 bits per heavy atom. The van der Waals surface area contributed by atoms with E-state index >= 15 is 0 Å². The van der Waals surface area contributed by atoms with Crippen molar-refractivity contribution in [3.63, 3.8) is 0 Å². The maximum atomic E-state index is 6.33. The van der Waals surface area contributed by atoms with Crippen LogP contribution in [0.2, 0.25) is 5.02 Å². The Balaban J connectivity index is 1.78. The van der Waals surface area contributed by atoms with Gasteiger partial charge in [-0.2, -0.15) is 14.6 Å². The van der Waals surface area contributed by atoms with Gasteiger partial charge in [0.15, 0.2) is 11.5 Å². The molecule has 3 heterocycles. The summed E-state index contributed by atoms with van der Waals surface area (Å²) in [5.41, 5.74) is 3.02. The van der Waals surface area contributed by atoms with Gasteiger partial charge >= 0.3 is 0 Å². The lowest BCUT2D eigenvalue weighted by Gasteiger charge is -2.04. The molecule has 22 heavy (non-hydrogen) atoms. The topological polar surface area (TPSA) is 82.0 Å². The van der Waals surface area contributed by atoms with Crippen LogP contribution in [0, 0.1) is 6.92 Å². The Kier molecular flexibility index (Phi) is 2.87. The highest BCUT2D eigenvalue weighted by Crippen LogP contribution is 2.30. The van der Waals surface area contributed by atoms with Crippen LogP contribution in [0.5, 0.6) is 0 Å². The molecule has 0 spiro atoms. The van der Waals surface area contributed by atoms with Crippen LogP contribution in [0.1, 0.15) is 5.82 Å². The Hall–Kier alpha value is -2.80. The lowest BCUT2D eigenvalue weighted by Crippen LogP contribution is -1.93. The normalized spacial score (nSPS) is 11.2. The highest BCUT2D eigenvalue weighted by Gasteiger charge is 2.12. The molecule has 0 aliphatic carbocycles. The zero-order chi connectivity index (χ0) is 15.1. The van der Waals surface area contributed by atoms with E-state index < -0.39 is 0 Å². The van der Waals surface area contributed by atoms with Gasteiger partial charge in [-0.1, -0.05) is 22.8 Å². The van der Waals surface area contributed by atoms with Crippen molar-refractivity contribution in [3.8, 4) is 22.7 Å². The minimum Gasteiger partial charge on any atom is -0.334 e. The summed E-state index contributed by atoms with van der Waals surface area (Å²) in [5.74, 6) is 0.964. The molecular weight excluding hydrogens is 304 g/mol. The van der Waals surface area contributed by atoms with Crippen LogP contribution in [-0.4, -0.2) is 30.0 Å². The van der Waals surface area contributed by atoms with E-state index in [0.29, 0.717) is 27.9 Å². The van der Waals surface area contributed by atoms with Gasteiger partial charge < -0.3 is 4.52 Å². The molecule has 0 N–H and O–H groups in total. The van der Waals surface area contributed by atoms with Crippen LogP contribution in [-0.2, 0) is 0 Å². The van der Waals surface area contributed by atoms with Gasteiger partial charge in [0, 0.05) is 5.56 Å². The van der Waals surface area contributed by atoms with Crippen LogP contribution in [0.3, 0.4) is 0 Å². The molecule has 0 aliphatic rings. The Bertz CT molecular complexity index is 976. The fraction of sp³-hybridized carbons (Fsp3) is 0.0714. The standard InChI is InChI=1S/C14H9ClN6O/c1-8-17-14(22-20-8)10-3-2-9(6-11(10)15)12-4-5-13-18-16-7-21(13)19-12/h2-7H,1H3. The summed E-state index contributed by atoms with van der Waals surface area (Å²) in [6.07, 6.45) is 1.55. The fourth-order valence-electron chi connectivity index (χ4n) is 2.14. The first-order valence-corrected chi connectivity index (χ1v) is 6.86. The van der Waals surface area contributed by atoms with Gasteiger partial charge in [0.1, 0.15) is 6.33 Å². The summed E-state index contributed by atoms with van der Waals surface area (Å²) in [4.78, 5) is 4.18. The van der Waals surface area contributed by atoms with Crippen molar-refractivity contribution in [2.75, 3.05) is 0 Å². The first kappa shape index (κ1) is 12.9. The summed E-state index contributed by atoms with van der Waals surface area (Å²) in [6, 6.07) is 9.27. The largest absolute Gasteiger partial charge is 0.334 e. The summed E-state index contributed by atoms with van der Waals surface area (Å²) in [7, 11) is 0. The first-order valence-electron chi connectivity index (χ1n) is 6.48. The fourth-order valence-corrected chi connectivity index (χ4v) is 2.40. The van der Waals surface area contributed by atoms with E-state index in [1.807, 2.05) is 30.3 Å². The van der Waals surface area contributed by atoms with E-state index in [1.165, 1.54) is 0 Å². The van der Waals surface area contributed by atoms with Gasteiger partial charge in [0.2, 0.25) is 0 Å². The van der Waals surface area contributed by atoms with Gasteiger partial charge in [-0.05, 0) is 31.2 Å².